The van der Waals surface area contributed by atoms with E-state index < -0.39 is 0 Å². The van der Waals surface area contributed by atoms with E-state index in [1.165, 1.54) is 0 Å². The van der Waals surface area contributed by atoms with E-state index in [1.54, 1.807) is 19.1 Å². The molecule has 0 aliphatic heterocycles. The number of rotatable bonds is 5. The molecule has 0 aliphatic carbocycles. The number of aryl methyl sites for hydroxylation is 1. The molecule has 0 fully saturated rings. The summed E-state index contributed by atoms with van der Waals surface area (Å²) in [6, 6.07) is 13.1. The number of ether oxygens (including phenoxy) is 1. The molecule has 7 heteroatoms. The molecule has 0 saturated carbocycles. The molecule has 2 heterocycles. The SMILES string of the molecule is CCOC(=O)Cn1c2cc(-n3cccc3C)ccc2c(=O)c2ccc(Cl)c(N(C)C)c21. The Bertz CT molecular complexity index is 1370. The fourth-order valence-corrected chi connectivity index (χ4v) is 4.37. The predicted molar refractivity (Wildman–Crippen MR) is 126 cm³/mol. The van der Waals surface area contributed by atoms with Crippen molar-refractivity contribution in [2.75, 3.05) is 25.6 Å². The maximum absolute atomic E-state index is 13.4. The van der Waals surface area contributed by atoms with Gasteiger partial charge in [0.1, 0.15) is 6.54 Å². The summed E-state index contributed by atoms with van der Waals surface area (Å²) < 4.78 is 9.11. The van der Waals surface area contributed by atoms with Gasteiger partial charge in [0, 0.05) is 42.4 Å². The van der Waals surface area contributed by atoms with Gasteiger partial charge in [0.05, 0.1) is 28.4 Å². The standard InChI is InChI=1S/C24H24ClN3O3/c1-5-31-21(29)14-28-20-13-16(27-12-6-7-15(27)2)8-9-17(20)24(30)18-10-11-19(25)23(22(18)28)26(3)4/h6-13H,5,14H2,1-4H3. The summed E-state index contributed by atoms with van der Waals surface area (Å²) >= 11 is 6.53. The smallest absolute Gasteiger partial charge is 0.325 e. The van der Waals surface area contributed by atoms with Crippen molar-refractivity contribution in [3.05, 3.63) is 69.6 Å². The van der Waals surface area contributed by atoms with Crippen molar-refractivity contribution in [2.24, 2.45) is 0 Å². The van der Waals surface area contributed by atoms with Crippen LogP contribution in [-0.4, -0.2) is 35.8 Å². The molecule has 0 spiro atoms. The topological polar surface area (TPSA) is 56.5 Å². The minimum absolute atomic E-state index is 0.0313. The summed E-state index contributed by atoms with van der Waals surface area (Å²) in [6.07, 6.45) is 1.97. The Morgan fingerprint density at radius 3 is 2.52 bits per heavy atom. The number of halogens is 1. The maximum atomic E-state index is 13.4. The molecule has 0 atom stereocenters. The number of fused-ring (bicyclic) bond motifs is 2. The highest BCUT2D eigenvalue weighted by Crippen LogP contribution is 2.34. The lowest BCUT2D eigenvalue weighted by Crippen LogP contribution is -2.21. The molecule has 0 amide bonds. The van der Waals surface area contributed by atoms with E-state index in [-0.39, 0.29) is 24.5 Å². The molecule has 31 heavy (non-hydrogen) atoms. The maximum Gasteiger partial charge on any atom is 0.325 e. The molecule has 0 bridgehead atoms. The Kier molecular flexibility index (Phi) is 5.50. The molecule has 2 aromatic carbocycles. The quantitative estimate of drug-likeness (QED) is 0.340. The Labute approximate surface area is 185 Å². The van der Waals surface area contributed by atoms with Crippen molar-refractivity contribution in [3.8, 4) is 5.69 Å². The van der Waals surface area contributed by atoms with Crippen LogP contribution in [0.1, 0.15) is 12.6 Å². The van der Waals surface area contributed by atoms with Gasteiger partial charge in [-0.1, -0.05) is 11.6 Å². The molecule has 4 aromatic rings. The van der Waals surface area contributed by atoms with Crippen molar-refractivity contribution in [1.29, 1.82) is 0 Å². The second kappa shape index (κ2) is 8.12. The third-order valence-corrected chi connectivity index (χ3v) is 5.71. The summed E-state index contributed by atoms with van der Waals surface area (Å²) in [5, 5.41) is 1.55. The Hall–Kier alpha value is -3.25. The lowest BCUT2D eigenvalue weighted by atomic mass is 10.1. The third-order valence-electron chi connectivity index (χ3n) is 5.40. The zero-order valence-corrected chi connectivity index (χ0v) is 18.7. The van der Waals surface area contributed by atoms with E-state index in [1.807, 2.05) is 71.6 Å². The van der Waals surface area contributed by atoms with E-state index in [0.29, 0.717) is 32.5 Å². The average molecular weight is 438 g/mol. The molecule has 0 N–H and O–H groups in total. The van der Waals surface area contributed by atoms with Crippen molar-refractivity contribution in [3.63, 3.8) is 0 Å². The Balaban J connectivity index is 2.15. The zero-order chi connectivity index (χ0) is 22.3. The Morgan fingerprint density at radius 1 is 1.13 bits per heavy atom. The first-order valence-electron chi connectivity index (χ1n) is 10.1. The highest BCUT2D eigenvalue weighted by atomic mass is 35.5. The Morgan fingerprint density at radius 2 is 1.87 bits per heavy atom. The van der Waals surface area contributed by atoms with Crippen molar-refractivity contribution in [2.45, 2.75) is 20.4 Å². The van der Waals surface area contributed by atoms with Crippen LogP contribution in [0.5, 0.6) is 0 Å². The van der Waals surface area contributed by atoms with Crippen molar-refractivity contribution >= 4 is 45.1 Å². The van der Waals surface area contributed by atoms with Gasteiger partial charge < -0.3 is 18.8 Å². The van der Waals surface area contributed by atoms with Gasteiger partial charge in [0.25, 0.3) is 0 Å². The van der Waals surface area contributed by atoms with Crippen LogP contribution in [0.3, 0.4) is 0 Å². The fraction of sp³-hybridized carbons (Fsp3) is 0.250. The first-order valence-corrected chi connectivity index (χ1v) is 10.5. The van der Waals surface area contributed by atoms with Gasteiger partial charge in [-0.15, -0.1) is 0 Å². The van der Waals surface area contributed by atoms with Gasteiger partial charge in [0.15, 0.2) is 5.43 Å². The van der Waals surface area contributed by atoms with E-state index in [4.69, 9.17) is 16.3 Å². The van der Waals surface area contributed by atoms with Gasteiger partial charge in [-0.2, -0.15) is 0 Å². The second-order valence-corrected chi connectivity index (χ2v) is 8.04. The summed E-state index contributed by atoms with van der Waals surface area (Å²) in [5.41, 5.74) is 3.83. The first kappa shape index (κ1) is 21.0. The second-order valence-electron chi connectivity index (χ2n) is 7.63. The zero-order valence-electron chi connectivity index (χ0n) is 18.0. The first-order chi connectivity index (χ1) is 14.8. The van der Waals surface area contributed by atoms with Gasteiger partial charge in [-0.25, -0.2) is 0 Å². The molecule has 0 aliphatic rings. The summed E-state index contributed by atoms with van der Waals surface area (Å²) in [4.78, 5) is 27.8. The van der Waals surface area contributed by atoms with Crippen LogP contribution in [-0.2, 0) is 16.1 Å². The van der Waals surface area contributed by atoms with Crippen LogP contribution >= 0.6 is 11.6 Å². The van der Waals surface area contributed by atoms with Gasteiger partial charge in [0.2, 0.25) is 0 Å². The number of nitrogens with zero attached hydrogens (tertiary/aromatic N) is 3. The van der Waals surface area contributed by atoms with Crippen LogP contribution in [0.15, 0.2) is 53.5 Å². The van der Waals surface area contributed by atoms with Gasteiger partial charge in [-0.3, -0.25) is 9.59 Å². The van der Waals surface area contributed by atoms with Crippen LogP contribution in [0.25, 0.3) is 27.5 Å². The van der Waals surface area contributed by atoms with Gasteiger partial charge in [-0.05, 0) is 56.3 Å². The molecular weight excluding hydrogens is 414 g/mol. The number of carbonyl (C=O) groups is 1. The predicted octanol–water partition coefficient (Wildman–Crippen LogP) is 4.54. The van der Waals surface area contributed by atoms with Crippen LogP contribution in [0, 0.1) is 6.92 Å². The number of hydrogen-bond acceptors (Lipinski definition) is 4. The highest BCUT2D eigenvalue weighted by molar-refractivity contribution is 6.35. The molecule has 0 saturated heterocycles. The van der Waals surface area contributed by atoms with E-state index >= 15 is 0 Å². The lowest BCUT2D eigenvalue weighted by molar-refractivity contribution is -0.143. The lowest BCUT2D eigenvalue weighted by Gasteiger charge is -2.22. The number of benzene rings is 2. The number of carbonyl (C=O) groups excluding carboxylic acids is 1. The highest BCUT2D eigenvalue weighted by Gasteiger charge is 2.20. The minimum Gasteiger partial charge on any atom is -0.465 e. The van der Waals surface area contributed by atoms with Crippen LogP contribution < -0.4 is 10.3 Å². The molecule has 0 radical (unpaired) electrons. The van der Waals surface area contributed by atoms with Crippen molar-refractivity contribution in [1.82, 2.24) is 9.13 Å². The fourth-order valence-electron chi connectivity index (χ4n) is 4.04. The molecule has 4 rings (SSSR count). The van der Waals surface area contributed by atoms with E-state index in [0.717, 1.165) is 11.4 Å². The number of hydrogen-bond donors (Lipinski definition) is 0. The summed E-state index contributed by atoms with van der Waals surface area (Å²) in [6.45, 7) is 4.04. The number of anilines is 1. The summed E-state index contributed by atoms with van der Waals surface area (Å²) in [7, 11) is 3.73. The monoisotopic (exact) mass is 437 g/mol. The number of pyridine rings is 1. The molecule has 6 nitrogen and oxygen atoms in total. The normalized spacial score (nSPS) is 11.3. The minimum atomic E-state index is -0.374. The molecule has 2 aromatic heterocycles. The van der Waals surface area contributed by atoms with Gasteiger partial charge >= 0.3 is 5.97 Å². The largest absolute Gasteiger partial charge is 0.465 e. The number of esters is 1. The molecular formula is C24H24ClN3O3. The molecule has 0 unspecified atom stereocenters. The average Bonchev–Trinajstić information content (AvgIpc) is 3.16. The number of aromatic nitrogens is 2. The molecule has 160 valence electrons. The van der Waals surface area contributed by atoms with Crippen LogP contribution in [0.4, 0.5) is 5.69 Å². The summed E-state index contributed by atoms with van der Waals surface area (Å²) in [5.74, 6) is -0.374. The van der Waals surface area contributed by atoms with E-state index in [2.05, 4.69) is 0 Å². The van der Waals surface area contributed by atoms with E-state index in [9.17, 15) is 9.59 Å². The van der Waals surface area contributed by atoms with Crippen LogP contribution in [0.2, 0.25) is 5.02 Å². The van der Waals surface area contributed by atoms with Crippen molar-refractivity contribution < 1.29 is 9.53 Å². The third kappa shape index (κ3) is 3.57.